The van der Waals surface area contributed by atoms with E-state index in [4.69, 9.17) is 14.0 Å². The molecule has 1 atom stereocenters. The largest absolute Gasteiger partial charge is 0.498 e. The molecule has 0 spiro atoms. The van der Waals surface area contributed by atoms with Crippen LogP contribution in [0, 0.1) is 6.92 Å². The molecule has 0 saturated carbocycles. The summed E-state index contributed by atoms with van der Waals surface area (Å²) in [5.41, 5.74) is 1.48. The minimum atomic E-state index is -0.381. The van der Waals surface area contributed by atoms with Gasteiger partial charge in [-0.25, -0.2) is 0 Å². The fraction of sp³-hybridized carbons (Fsp3) is 0.647. The van der Waals surface area contributed by atoms with E-state index in [1.165, 1.54) is 5.56 Å². The molecule has 1 fully saturated rings. The van der Waals surface area contributed by atoms with Crippen molar-refractivity contribution in [3.05, 3.63) is 23.8 Å². The third-order valence-corrected chi connectivity index (χ3v) is 4.58. The number of rotatable bonds is 4. The van der Waals surface area contributed by atoms with E-state index >= 15 is 0 Å². The summed E-state index contributed by atoms with van der Waals surface area (Å²) in [6.07, 6.45) is 1.14. The zero-order chi connectivity index (χ0) is 15.8. The summed E-state index contributed by atoms with van der Waals surface area (Å²) in [6.45, 7) is 14.5. The highest BCUT2D eigenvalue weighted by molar-refractivity contribution is 6.63. The van der Waals surface area contributed by atoms with E-state index in [2.05, 4.69) is 60.6 Å². The Morgan fingerprint density at radius 3 is 2.24 bits per heavy atom. The monoisotopic (exact) mass is 290 g/mol. The van der Waals surface area contributed by atoms with Gasteiger partial charge < -0.3 is 14.0 Å². The molecule has 0 aliphatic carbocycles. The molecule has 1 heterocycles. The van der Waals surface area contributed by atoms with Crippen LogP contribution in [-0.2, 0) is 9.31 Å². The summed E-state index contributed by atoms with van der Waals surface area (Å²) < 4.78 is 18.4. The first-order chi connectivity index (χ1) is 9.66. The minimum Gasteiger partial charge on any atom is -0.491 e. The van der Waals surface area contributed by atoms with Gasteiger partial charge in [0.1, 0.15) is 5.75 Å². The molecular formula is C17H27BO3. The van der Waals surface area contributed by atoms with Gasteiger partial charge in [0.05, 0.1) is 17.3 Å². The Balaban J connectivity index is 2.33. The first-order valence-corrected chi connectivity index (χ1v) is 7.79. The Bertz CT molecular complexity index is 495. The lowest BCUT2D eigenvalue weighted by Crippen LogP contribution is -2.41. The second kappa shape index (κ2) is 5.66. The Morgan fingerprint density at radius 1 is 1.14 bits per heavy atom. The fourth-order valence-electron chi connectivity index (χ4n) is 2.23. The topological polar surface area (TPSA) is 27.7 Å². The van der Waals surface area contributed by atoms with Crippen LogP contribution in [0.1, 0.15) is 53.5 Å². The van der Waals surface area contributed by atoms with Gasteiger partial charge in [0, 0.05) is 5.46 Å². The first kappa shape index (κ1) is 16.4. The third kappa shape index (κ3) is 3.27. The van der Waals surface area contributed by atoms with Crippen LogP contribution in [0.4, 0.5) is 0 Å². The van der Waals surface area contributed by atoms with Crippen LogP contribution in [0.5, 0.6) is 5.75 Å². The maximum atomic E-state index is 6.16. The van der Waals surface area contributed by atoms with Crippen molar-refractivity contribution in [2.45, 2.75) is 72.2 Å². The van der Waals surface area contributed by atoms with Gasteiger partial charge in [-0.2, -0.15) is 0 Å². The summed E-state index contributed by atoms with van der Waals surface area (Å²) in [7, 11) is -0.381. The summed E-state index contributed by atoms with van der Waals surface area (Å²) in [5, 5.41) is 0. The Morgan fingerprint density at radius 2 is 1.71 bits per heavy atom. The average Bonchev–Trinajstić information content (AvgIpc) is 2.60. The molecule has 1 unspecified atom stereocenters. The molecule has 0 N–H and O–H groups in total. The van der Waals surface area contributed by atoms with Crippen molar-refractivity contribution in [2.75, 3.05) is 0 Å². The third-order valence-electron chi connectivity index (χ3n) is 4.58. The maximum absolute atomic E-state index is 6.16. The van der Waals surface area contributed by atoms with Crippen LogP contribution < -0.4 is 10.2 Å². The van der Waals surface area contributed by atoms with Gasteiger partial charge in [0.15, 0.2) is 0 Å². The Hall–Kier alpha value is -0.995. The molecule has 1 saturated heterocycles. The Kier molecular flexibility index (Phi) is 4.41. The quantitative estimate of drug-likeness (QED) is 0.795. The first-order valence-electron chi connectivity index (χ1n) is 7.79. The Labute approximate surface area is 129 Å². The van der Waals surface area contributed by atoms with Crippen molar-refractivity contribution < 1.29 is 14.0 Å². The SMILES string of the molecule is CCC(C)Oc1ccc(C)cc1B1OC(C)(C)C(C)(C)O1. The van der Waals surface area contributed by atoms with Gasteiger partial charge in [0.25, 0.3) is 0 Å². The minimum absolute atomic E-state index is 0.175. The highest BCUT2D eigenvalue weighted by atomic mass is 16.7. The van der Waals surface area contributed by atoms with Crippen LogP contribution in [0.3, 0.4) is 0 Å². The van der Waals surface area contributed by atoms with Crippen molar-refractivity contribution in [1.29, 1.82) is 0 Å². The van der Waals surface area contributed by atoms with Gasteiger partial charge in [-0.15, -0.1) is 0 Å². The molecule has 0 radical (unpaired) electrons. The van der Waals surface area contributed by atoms with Crippen LogP contribution >= 0.6 is 0 Å². The van der Waals surface area contributed by atoms with Crippen LogP contribution in [0.15, 0.2) is 18.2 Å². The van der Waals surface area contributed by atoms with Crippen molar-refractivity contribution in [3.8, 4) is 5.75 Å². The summed E-state index contributed by atoms with van der Waals surface area (Å²) >= 11 is 0. The molecule has 21 heavy (non-hydrogen) atoms. The van der Waals surface area contributed by atoms with Gasteiger partial charge >= 0.3 is 7.12 Å². The van der Waals surface area contributed by atoms with E-state index in [0.717, 1.165) is 17.6 Å². The van der Waals surface area contributed by atoms with Crippen LogP contribution in [0.2, 0.25) is 0 Å². The number of hydrogen-bond acceptors (Lipinski definition) is 3. The lowest BCUT2D eigenvalue weighted by atomic mass is 9.77. The van der Waals surface area contributed by atoms with Gasteiger partial charge in [-0.1, -0.05) is 24.6 Å². The zero-order valence-electron chi connectivity index (χ0n) is 14.3. The molecule has 1 aromatic carbocycles. The highest BCUT2D eigenvalue weighted by Crippen LogP contribution is 2.37. The molecule has 3 nitrogen and oxygen atoms in total. The lowest BCUT2D eigenvalue weighted by molar-refractivity contribution is 0.00578. The molecule has 116 valence electrons. The smallest absolute Gasteiger partial charge is 0.491 e. The van der Waals surface area contributed by atoms with E-state index in [0.29, 0.717) is 0 Å². The maximum Gasteiger partial charge on any atom is 0.498 e. The zero-order valence-corrected chi connectivity index (χ0v) is 14.3. The normalized spacial score (nSPS) is 21.4. The standard InChI is InChI=1S/C17H27BO3/c1-8-13(3)19-15-10-9-12(2)11-14(15)18-20-16(4,5)17(6,7)21-18/h9-11,13H,8H2,1-7H3. The van der Waals surface area contributed by atoms with E-state index in [-0.39, 0.29) is 24.4 Å². The molecule has 0 aromatic heterocycles. The van der Waals surface area contributed by atoms with Crippen molar-refractivity contribution in [3.63, 3.8) is 0 Å². The molecule has 0 amide bonds. The summed E-state index contributed by atoms with van der Waals surface area (Å²) in [6, 6.07) is 6.17. The second-order valence-corrected chi connectivity index (χ2v) is 6.97. The average molecular weight is 290 g/mol. The second-order valence-electron chi connectivity index (χ2n) is 6.97. The molecular weight excluding hydrogens is 263 g/mol. The molecule has 1 aliphatic heterocycles. The van der Waals surface area contributed by atoms with E-state index in [9.17, 15) is 0 Å². The number of benzene rings is 1. The highest BCUT2D eigenvalue weighted by Gasteiger charge is 2.52. The van der Waals surface area contributed by atoms with E-state index < -0.39 is 0 Å². The predicted molar refractivity (Wildman–Crippen MR) is 87.3 cm³/mol. The number of ether oxygens (including phenoxy) is 1. The molecule has 4 heteroatoms. The number of aryl methyl sites for hydroxylation is 1. The van der Waals surface area contributed by atoms with Gasteiger partial charge in [-0.3, -0.25) is 0 Å². The van der Waals surface area contributed by atoms with Gasteiger partial charge in [-0.05, 0) is 54.0 Å². The molecule has 2 rings (SSSR count). The van der Waals surface area contributed by atoms with E-state index in [1.807, 2.05) is 6.07 Å². The lowest BCUT2D eigenvalue weighted by Gasteiger charge is -2.32. The van der Waals surface area contributed by atoms with E-state index in [1.54, 1.807) is 0 Å². The predicted octanol–water partition coefficient (Wildman–Crippen LogP) is 3.47. The van der Waals surface area contributed by atoms with Gasteiger partial charge in [0.2, 0.25) is 0 Å². The summed E-state index contributed by atoms with van der Waals surface area (Å²) in [5.74, 6) is 0.855. The summed E-state index contributed by atoms with van der Waals surface area (Å²) in [4.78, 5) is 0. The fourth-order valence-corrected chi connectivity index (χ4v) is 2.23. The molecule has 1 aromatic rings. The van der Waals surface area contributed by atoms with Crippen molar-refractivity contribution in [2.24, 2.45) is 0 Å². The molecule has 1 aliphatic rings. The van der Waals surface area contributed by atoms with Crippen LogP contribution in [0.25, 0.3) is 0 Å². The van der Waals surface area contributed by atoms with Crippen molar-refractivity contribution in [1.82, 2.24) is 0 Å². The van der Waals surface area contributed by atoms with Crippen LogP contribution in [-0.4, -0.2) is 24.4 Å². The molecule has 0 bridgehead atoms. The number of hydrogen-bond donors (Lipinski definition) is 0. The van der Waals surface area contributed by atoms with Crippen molar-refractivity contribution >= 4 is 12.6 Å².